The monoisotopic (exact) mass is 231 g/mol. The maximum Gasteiger partial charge on any atom is 0.257 e. The Kier molecular flexibility index (Phi) is 2.88. The van der Waals surface area contributed by atoms with Crippen LogP contribution in [0.3, 0.4) is 0 Å². The predicted octanol–water partition coefficient (Wildman–Crippen LogP) is 2.08. The minimum absolute atomic E-state index is 0.0972. The lowest BCUT2D eigenvalue weighted by atomic mass is 10.0. The Bertz CT molecular complexity index is 533. The number of hydrogen-bond donors (Lipinski definition) is 0. The van der Waals surface area contributed by atoms with E-state index in [1.54, 1.807) is 13.0 Å². The number of nitriles is 1. The van der Waals surface area contributed by atoms with Crippen LogP contribution in [0.25, 0.3) is 0 Å². The molecule has 0 aromatic heterocycles. The molecule has 0 saturated carbocycles. The van der Waals surface area contributed by atoms with Crippen LogP contribution >= 0.6 is 0 Å². The van der Waals surface area contributed by atoms with Gasteiger partial charge in [-0.15, -0.1) is 0 Å². The van der Waals surface area contributed by atoms with E-state index < -0.39 is 11.7 Å². The number of amides is 1. The number of benzene rings is 1. The Balaban J connectivity index is 2.31. The normalized spacial score (nSPS) is 19.1. The number of anilines is 1. The average Bonchev–Trinajstić information content (AvgIpc) is 2.57. The van der Waals surface area contributed by atoms with Gasteiger partial charge in [-0.3, -0.25) is 4.79 Å². The van der Waals surface area contributed by atoms with Crippen LogP contribution in [0.1, 0.15) is 13.3 Å². The molecule has 0 fully saturated rings. The highest BCUT2D eigenvalue weighted by atomic mass is 19.1. The summed E-state index contributed by atoms with van der Waals surface area (Å²) in [5.41, 5.74) is 0.968. The van der Waals surface area contributed by atoms with E-state index in [0.717, 1.165) is 5.01 Å². The molecule has 0 aliphatic carbocycles. The molecule has 0 saturated heterocycles. The molecule has 1 aromatic carbocycles. The number of halogens is 1. The molecule has 1 aromatic rings. The first-order valence-corrected chi connectivity index (χ1v) is 5.15. The minimum atomic E-state index is -0.511. The summed E-state index contributed by atoms with van der Waals surface area (Å²) in [6, 6.07) is 7.61. The van der Waals surface area contributed by atoms with Gasteiger partial charge < -0.3 is 0 Å². The molecule has 1 amide bonds. The standard InChI is InChI=1S/C12H10FN3O/c1-8-11(5-6-14)12(17)16(15-8)10-4-2-3-9(13)7-10/h2-4,7,11H,5H2,1H3. The Morgan fingerprint density at radius 3 is 3.00 bits per heavy atom. The SMILES string of the molecule is CC1=NN(c2cccc(F)c2)C(=O)C1CC#N. The van der Waals surface area contributed by atoms with Gasteiger partial charge in [0.1, 0.15) is 5.82 Å². The van der Waals surface area contributed by atoms with Gasteiger partial charge in [-0.2, -0.15) is 10.4 Å². The molecule has 5 heteroatoms. The highest BCUT2D eigenvalue weighted by molar-refractivity contribution is 6.14. The number of carbonyl (C=O) groups excluding carboxylic acids is 1. The zero-order valence-electron chi connectivity index (χ0n) is 9.22. The maximum atomic E-state index is 13.1. The molecule has 86 valence electrons. The molecule has 0 bridgehead atoms. The fraction of sp³-hybridized carbons (Fsp3) is 0.250. The number of rotatable bonds is 2. The van der Waals surface area contributed by atoms with E-state index in [0.29, 0.717) is 11.4 Å². The lowest BCUT2D eigenvalue weighted by Gasteiger charge is -2.12. The van der Waals surface area contributed by atoms with E-state index in [-0.39, 0.29) is 12.3 Å². The average molecular weight is 231 g/mol. The van der Waals surface area contributed by atoms with E-state index >= 15 is 0 Å². The third-order valence-corrected chi connectivity index (χ3v) is 2.62. The molecule has 0 N–H and O–H groups in total. The van der Waals surface area contributed by atoms with Gasteiger partial charge in [-0.25, -0.2) is 9.40 Å². The van der Waals surface area contributed by atoms with Gasteiger partial charge in [-0.1, -0.05) is 6.07 Å². The quantitative estimate of drug-likeness (QED) is 0.782. The predicted molar refractivity (Wildman–Crippen MR) is 60.7 cm³/mol. The fourth-order valence-corrected chi connectivity index (χ4v) is 1.72. The molecular formula is C12H10FN3O. The van der Waals surface area contributed by atoms with Crippen LogP contribution in [0.4, 0.5) is 10.1 Å². The zero-order chi connectivity index (χ0) is 12.4. The van der Waals surface area contributed by atoms with Crippen LogP contribution < -0.4 is 5.01 Å². The van der Waals surface area contributed by atoms with Crippen molar-refractivity contribution < 1.29 is 9.18 Å². The molecule has 1 aliphatic rings. The zero-order valence-corrected chi connectivity index (χ0v) is 9.22. The fourth-order valence-electron chi connectivity index (χ4n) is 1.72. The number of nitrogens with zero attached hydrogens (tertiary/aromatic N) is 3. The number of hydrazone groups is 1. The molecule has 1 aliphatic heterocycles. The smallest absolute Gasteiger partial charge is 0.257 e. The Morgan fingerprint density at radius 1 is 1.59 bits per heavy atom. The van der Waals surface area contributed by atoms with Crippen LogP contribution in [0.5, 0.6) is 0 Å². The van der Waals surface area contributed by atoms with Crippen molar-refractivity contribution in [1.82, 2.24) is 0 Å². The highest BCUT2D eigenvalue weighted by Gasteiger charge is 2.34. The maximum absolute atomic E-state index is 13.1. The first kappa shape index (κ1) is 11.3. The molecular weight excluding hydrogens is 221 g/mol. The lowest BCUT2D eigenvalue weighted by molar-refractivity contribution is -0.119. The largest absolute Gasteiger partial charge is 0.272 e. The second kappa shape index (κ2) is 4.34. The molecule has 17 heavy (non-hydrogen) atoms. The van der Waals surface area contributed by atoms with Gasteiger partial charge in [0.05, 0.1) is 24.1 Å². The van der Waals surface area contributed by atoms with Crippen molar-refractivity contribution in [3.63, 3.8) is 0 Å². The molecule has 0 radical (unpaired) electrons. The van der Waals surface area contributed by atoms with Crippen LogP contribution in [-0.2, 0) is 4.79 Å². The van der Waals surface area contributed by atoms with Crippen LogP contribution in [0.15, 0.2) is 29.4 Å². The summed E-state index contributed by atoms with van der Waals surface area (Å²) in [5, 5.41) is 13.8. The summed E-state index contributed by atoms with van der Waals surface area (Å²) in [7, 11) is 0. The van der Waals surface area contributed by atoms with Gasteiger partial charge in [-0.05, 0) is 25.1 Å². The molecule has 1 unspecified atom stereocenters. The van der Waals surface area contributed by atoms with Crippen molar-refractivity contribution in [2.45, 2.75) is 13.3 Å². The van der Waals surface area contributed by atoms with Gasteiger partial charge in [0.2, 0.25) is 0 Å². The van der Waals surface area contributed by atoms with Gasteiger partial charge in [0.25, 0.3) is 5.91 Å². The van der Waals surface area contributed by atoms with E-state index in [2.05, 4.69) is 5.10 Å². The van der Waals surface area contributed by atoms with Crippen molar-refractivity contribution >= 4 is 17.3 Å². The first-order valence-electron chi connectivity index (χ1n) is 5.15. The van der Waals surface area contributed by atoms with E-state index in [1.165, 1.54) is 18.2 Å². The minimum Gasteiger partial charge on any atom is -0.272 e. The second-order valence-electron chi connectivity index (χ2n) is 3.79. The first-order chi connectivity index (χ1) is 8.13. The van der Waals surface area contributed by atoms with E-state index in [9.17, 15) is 9.18 Å². The summed E-state index contributed by atoms with van der Waals surface area (Å²) < 4.78 is 13.1. The molecule has 4 nitrogen and oxygen atoms in total. The Morgan fingerprint density at radius 2 is 2.35 bits per heavy atom. The third kappa shape index (κ3) is 2.02. The molecule has 1 heterocycles. The van der Waals surface area contributed by atoms with Crippen molar-refractivity contribution in [2.75, 3.05) is 5.01 Å². The number of hydrogen-bond acceptors (Lipinski definition) is 3. The van der Waals surface area contributed by atoms with E-state index in [1.807, 2.05) is 6.07 Å². The Labute approximate surface area is 98.0 Å². The van der Waals surface area contributed by atoms with Crippen LogP contribution in [-0.4, -0.2) is 11.6 Å². The van der Waals surface area contributed by atoms with Crippen molar-refractivity contribution in [1.29, 1.82) is 5.26 Å². The summed E-state index contributed by atoms with van der Waals surface area (Å²) in [4.78, 5) is 12.0. The topological polar surface area (TPSA) is 56.5 Å². The van der Waals surface area contributed by atoms with Crippen molar-refractivity contribution in [3.05, 3.63) is 30.1 Å². The summed E-state index contributed by atoms with van der Waals surface area (Å²) in [6.45, 7) is 1.69. The van der Waals surface area contributed by atoms with E-state index in [4.69, 9.17) is 5.26 Å². The Hall–Kier alpha value is -2.22. The highest BCUT2D eigenvalue weighted by Crippen LogP contribution is 2.25. The number of carbonyl (C=O) groups is 1. The molecule has 0 spiro atoms. The van der Waals surface area contributed by atoms with Crippen molar-refractivity contribution in [2.24, 2.45) is 11.0 Å². The van der Waals surface area contributed by atoms with Crippen LogP contribution in [0, 0.1) is 23.1 Å². The van der Waals surface area contributed by atoms with Crippen molar-refractivity contribution in [3.8, 4) is 6.07 Å². The summed E-state index contributed by atoms with van der Waals surface area (Å²) in [6.07, 6.45) is 0.0972. The summed E-state index contributed by atoms with van der Waals surface area (Å²) >= 11 is 0. The van der Waals surface area contributed by atoms with Crippen LogP contribution in [0.2, 0.25) is 0 Å². The molecule has 2 rings (SSSR count). The molecule has 1 atom stereocenters. The lowest BCUT2D eigenvalue weighted by Crippen LogP contribution is -2.26. The second-order valence-corrected chi connectivity index (χ2v) is 3.79. The third-order valence-electron chi connectivity index (χ3n) is 2.62. The van der Waals surface area contributed by atoms with Gasteiger partial charge in [0.15, 0.2) is 0 Å². The van der Waals surface area contributed by atoms with Gasteiger partial charge >= 0.3 is 0 Å². The van der Waals surface area contributed by atoms with Gasteiger partial charge in [0, 0.05) is 5.71 Å². The summed E-state index contributed by atoms with van der Waals surface area (Å²) in [5.74, 6) is -1.22.